The number of nitrogens with two attached hydrogens (primary N) is 1. The van der Waals surface area contributed by atoms with Gasteiger partial charge in [-0.25, -0.2) is 13.6 Å². The second-order valence-corrected chi connectivity index (χ2v) is 9.06. The predicted octanol–water partition coefficient (Wildman–Crippen LogP) is 4.09. The zero-order chi connectivity index (χ0) is 19.6. The average Bonchev–Trinajstić information content (AvgIpc) is 3.12. The van der Waals surface area contributed by atoms with Crippen LogP contribution in [0.3, 0.4) is 0 Å². The van der Waals surface area contributed by atoms with Gasteiger partial charge in [0.05, 0.1) is 12.0 Å². The number of methoxy groups -OCH3 is 1. The highest BCUT2D eigenvalue weighted by molar-refractivity contribution is 9.10. The fourth-order valence-electron chi connectivity index (χ4n) is 2.40. The molecule has 1 aromatic heterocycles. The normalized spacial score (nSPS) is 11.2. The Kier molecular flexibility index (Phi) is 5.66. The van der Waals surface area contributed by atoms with E-state index in [2.05, 4.69) is 21.2 Å². The molecule has 0 unspecified atom stereocenters. The van der Waals surface area contributed by atoms with Crippen LogP contribution in [0.25, 0.3) is 10.4 Å². The molecule has 1 amide bonds. The number of hydrogen-bond acceptors (Lipinski definition) is 5. The summed E-state index contributed by atoms with van der Waals surface area (Å²) in [5.41, 5.74) is 1.31. The highest BCUT2D eigenvalue weighted by Crippen LogP contribution is 2.30. The van der Waals surface area contributed by atoms with Crippen molar-refractivity contribution in [2.75, 3.05) is 12.4 Å². The molecule has 3 rings (SSSR count). The standard InChI is InChI=1S/C18H15BrN2O4S2/c1-25-14-7-6-13(10-17(14)27(20,23)24)21-18(22)16-9-8-15(26-16)11-2-4-12(19)5-3-11/h2-10H,1H3,(H,21,22)(H2,20,23,24). The molecule has 0 radical (unpaired) electrons. The molecule has 0 fully saturated rings. The van der Waals surface area contributed by atoms with Crippen molar-refractivity contribution in [2.24, 2.45) is 5.14 Å². The minimum absolute atomic E-state index is 0.115. The summed E-state index contributed by atoms with van der Waals surface area (Å²) in [5, 5.41) is 7.88. The zero-order valence-corrected chi connectivity index (χ0v) is 17.3. The smallest absolute Gasteiger partial charge is 0.265 e. The van der Waals surface area contributed by atoms with E-state index in [0.29, 0.717) is 10.6 Å². The molecule has 0 spiro atoms. The third kappa shape index (κ3) is 4.56. The number of rotatable bonds is 5. The number of thiophene rings is 1. The van der Waals surface area contributed by atoms with Crippen LogP contribution in [-0.4, -0.2) is 21.4 Å². The topological polar surface area (TPSA) is 98.5 Å². The highest BCUT2D eigenvalue weighted by Gasteiger charge is 2.17. The molecule has 3 aromatic rings. The Morgan fingerprint density at radius 3 is 2.44 bits per heavy atom. The van der Waals surface area contributed by atoms with E-state index >= 15 is 0 Å². The van der Waals surface area contributed by atoms with Gasteiger partial charge in [0.25, 0.3) is 5.91 Å². The van der Waals surface area contributed by atoms with Crippen molar-refractivity contribution >= 4 is 48.9 Å². The van der Waals surface area contributed by atoms with E-state index in [4.69, 9.17) is 9.88 Å². The largest absolute Gasteiger partial charge is 0.495 e. The van der Waals surface area contributed by atoms with Gasteiger partial charge in [-0.05, 0) is 48.0 Å². The molecule has 0 saturated carbocycles. The number of amides is 1. The number of carbonyl (C=O) groups excluding carboxylic acids is 1. The van der Waals surface area contributed by atoms with E-state index in [0.717, 1.165) is 14.9 Å². The second-order valence-electron chi connectivity index (χ2n) is 5.54. The summed E-state index contributed by atoms with van der Waals surface area (Å²) in [5.74, 6) is -0.224. The molecule has 0 saturated heterocycles. The summed E-state index contributed by atoms with van der Waals surface area (Å²) in [7, 11) is -2.64. The average molecular weight is 467 g/mol. The lowest BCUT2D eigenvalue weighted by atomic mass is 10.2. The summed E-state index contributed by atoms with van der Waals surface area (Å²) in [6.45, 7) is 0. The number of ether oxygens (including phenoxy) is 1. The van der Waals surface area contributed by atoms with Gasteiger partial charge in [-0.2, -0.15) is 0 Å². The number of anilines is 1. The van der Waals surface area contributed by atoms with Crippen LogP contribution in [0.4, 0.5) is 5.69 Å². The fraction of sp³-hybridized carbons (Fsp3) is 0.0556. The molecule has 27 heavy (non-hydrogen) atoms. The lowest BCUT2D eigenvalue weighted by Gasteiger charge is -2.09. The van der Waals surface area contributed by atoms with Gasteiger partial charge >= 0.3 is 0 Å². The van der Waals surface area contributed by atoms with Crippen molar-refractivity contribution in [3.8, 4) is 16.2 Å². The predicted molar refractivity (Wildman–Crippen MR) is 110 cm³/mol. The van der Waals surface area contributed by atoms with Gasteiger partial charge in [-0.1, -0.05) is 28.1 Å². The number of nitrogens with one attached hydrogen (secondary N) is 1. The quantitative estimate of drug-likeness (QED) is 0.591. The van der Waals surface area contributed by atoms with Crippen molar-refractivity contribution in [3.63, 3.8) is 0 Å². The third-order valence-electron chi connectivity index (χ3n) is 3.69. The molecule has 0 aliphatic rings. The van der Waals surface area contributed by atoms with Crippen molar-refractivity contribution in [1.29, 1.82) is 0 Å². The van der Waals surface area contributed by atoms with Gasteiger partial charge in [-0.15, -0.1) is 11.3 Å². The molecule has 9 heteroatoms. The number of sulfonamides is 1. The minimum Gasteiger partial charge on any atom is -0.495 e. The SMILES string of the molecule is COc1ccc(NC(=O)c2ccc(-c3ccc(Br)cc3)s2)cc1S(N)(=O)=O. The number of carbonyl (C=O) groups is 1. The maximum absolute atomic E-state index is 12.5. The number of benzene rings is 2. The molecule has 0 atom stereocenters. The van der Waals surface area contributed by atoms with E-state index < -0.39 is 10.0 Å². The van der Waals surface area contributed by atoms with Crippen LogP contribution in [0, 0.1) is 0 Å². The summed E-state index contributed by atoms with van der Waals surface area (Å²) >= 11 is 4.73. The van der Waals surface area contributed by atoms with Crippen molar-refractivity contribution in [2.45, 2.75) is 4.90 Å². The van der Waals surface area contributed by atoms with Crippen LogP contribution < -0.4 is 15.2 Å². The molecule has 6 nitrogen and oxygen atoms in total. The first-order valence-electron chi connectivity index (χ1n) is 7.66. The molecule has 140 valence electrons. The van der Waals surface area contributed by atoms with Crippen molar-refractivity contribution in [3.05, 3.63) is 63.9 Å². The number of primary sulfonamides is 1. The van der Waals surface area contributed by atoms with Gasteiger partial charge < -0.3 is 10.1 Å². The molecular weight excluding hydrogens is 452 g/mol. The van der Waals surface area contributed by atoms with Crippen molar-refractivity contribution in [1.82, 2.24) is 0 Å². The van der Waals surface area contributed by atoms with Crippen LogP contribution in [0.15, 0.2) is 64.0 Å². The lowest BCUT2D eigenvalue weighted by Crippen LogP contribution is -2.15. The molecule has 3 N–H and O–H groups in total. The molecule has 2 aromatic carbocycles. The molecular formula is C18H15BrN2O4S2. The monoisotopic (exact) mass is 466 g/mol. The second kappa shape index (κ2) is 7.81. The Morgan fingerprint density at radius 2 is 1.81 bits per heavy atom. The van der Waals surface area contributed by atoms with E-state index in [1.54, 1.807) is 12.1 Å². The summed E-state index contributed by atoms with van der Waals surface area (Å²) in [6.07, 6.45) is 0. The maximum atomic E-state index is 12.5. The van der Waals surface area contributed by atoms with Crippen molar-refractivity contribution < 1.29 is 17.9 Å². The maximum Gasteiger partial charge on any atom is 0.265 e. The molecule has 0 aliphatic carbocycles. The van der Waals surface area contributed by atoms with E-state index in [9.17, 15) is 13.2 Å². The Morgan fingerprint density at radius 1 is 1.11 bits per heavy atom. The third-order valence-corrected chi connectivity index (χ3v) is 6.28. The number of halogens is 1. The van der Waals surface area contributed by atoms with Crippen LogP contribution in [0.5, 0.6) is 5.75 Å². The molecule has 0 aliphatic heterocycles. The van der Waals surface area contributed by atoms with E-state index in [1.165, 1.54) is 30.6 Å². The molecule has 1 heterocycles. The van der Waals surface area contributed by atoms with Gasteiger partial charge in [0, 0.05) is 15.0 Å². The van der Waals surface area contributed by atoms with Gasteiger partial charge in [-0.3, -0.25) is 4.79 Å². The van der Waals surface area contributed by atoms with Crippen LogP contribution in [0.1, 0.15) is 9.67 Å². The van der Waals surface area contributed by atoms with Crippen LogP contribution in [-0.2, 0) is 10.0 Å². The van der Waals surface area contributed by atoms with E-state index in [-0.39, 0.29) is 16.6 Å². The first-order valence-corrected chi connectivity index (χ1v) is 10.8. The first-order chi connectivity index (χ1) is 12.8. The zero-order valence-electron chi connectivity index (χ0n) is 14.1. The summed E-state index contributed by atoms with van der Waals surface area (Å²) in [6, 6.07) is 15.6. The Bertz CT molecular complexity index is 1090. The van der Waals surface area contributed by atoms with Crippen LogP contribution >= 0.6 is 27.3 Å². The van der Waals surface area contributed by atoms with Gasteiger partial charge in [0.1, 0.15) is 10.6 Å². The Balaban J connectivity index is 1.83. The van der Waals surface area contributed by atoms with E-state index in [1.807, 2.05) is 30.3 Å². The van der Waals surface area contributed by atoms with Gasteiger partial charge in [0.2, 0.25) is 10.0 Å². The highest BCUT2D eigenvalue weighted by atomic mass is 79.9. The minimum atomic E-state index is -3.98. The Labute approximate surface area is 169 Å². The van der Waals surface area contributed by atoms with Gasteiger partial charge in [0.15, 0.2) is 0 Å². The lowest BCUT2D eigenvalue weighted by molar-refractivity contribution is 0.103. The summed E-state index contributed by atoms with van der Waals surface area (Å²) in [4.78, 5) is 13.8. The van der Waals surface area contributed by atoms with Crippen LogP contribution in [0.2, 0.25) is 0 Å². The first kappa shape index (κ1) is 19.6. The summed E-state index contributed by atoms with van der Waals surface area (Å²) < 4.78 is 29.4. The fourth-order valence-corrected chi connectivity index (χ4v) is 4.29. The Hall–Kier alpha value is -2.20. The molecule has 0 bridgehead atoms. The number of hydrogen-bond donors (Lipinski definition) is 2.